The molecule has 0 saturated carbocycles. The summed E-state index contributed by atoms with van der Waals surface area (Å²) in [5, 5.41) is 23.3. The van der Waals surface area contributed by atoms with Crippen molar-refractivity contribution in [3.63, 3.8) is 0 Å². The van der Waals surface area contributed by atoms with Crippen LogP contribution in [0.15, 0.2) is 12.2 Å². The van der Waals surface area contributed by atoms with Gasteiger partial charge in [-0.25, -0.2) is 0 Å². The van der Waals surface area contributed by atoms with E-state index in [-0.39, 0.29) is 12.5 Å². The predicted octanol–water partition coefficient (Wildman–Crippen LogP) is 18.1. The summed E-state index contributed by atoms with van der Waals surface area (Å²) in [4.78, 5) is 12.5. The van der Waals surface area contributed by atoms with Crippen LogP contribution in [0.4, 0.5) is 0 Å². The molecule has 0 aromatic carbocycles. The largest absolute Gasteiger partial charge is 0.394 e. The van der Waals surface area contributed by atoms with Gasteiger partial charge in [-0.1, -0.05) is 289 Å². The average molecular weight is 847 g/mol. The van der Waals surface area contributed by atoms with E-state index in [0.717, 1.165) is 25.7 Å². The number of aliphatic hydroxyl groups is 2. The van der Waals surface area contributed by atoms with Crippen LogP contribution in [0, 0.1) is 0 Å². The fourth-order valence-corrected chi connectivity index (χ4v) is 9.01. The van der Waals surface area contributed by atoms with Gasteiger partial charge in [-0.3, -0.25) is 4.79 Å². The van der Waals surface area contributed by atoms with E-state index >= 15 is 0 Å². The Morgan fingerprint density at radius 3 is 0.917 bits per heavy atom. The van der Waals surface area contributed by atoms with Crippen molar-refractivity contribution in [2.45, 2.75) is 334 Å². The molecule has 0 rings (SSSR count). The molecule has 4 heteroatoms. The minimum Gasteiger partial charge on any atom is -0.394 e. The van der Waals surface area contributed by atoms with Crippen molar-refractivity contribution in [1.29, 1.82) is 0 Å². The molecule has 3 N–H and O–H groups in total. The lowest BCUT2D eigenvalue weighted by molar-refractivity contribution is -0.123. The lowest BCUT2D eigenvalue weighted by atomic mass is 10.0. The molecule has 358 valence electrons. The van der Waals surface area contributed by atoms with Gasteiger partial charge >= 0.3 is 0 Å². The van der Waals surface area contributed by atoms with Crippen LogP contribution in [0.1, 0.15) is 322 Å². The van der Waals surface area contributed by atoms with Crippen LogP contribution >= 0.6 is 0 Å². The monoisotopic (exact) mass is 846 g/mol. The first-order valence-corrected chi connectivity index (χ1v) is 27.9. The molecule has 0 aliphatic heterocycles. The number of rotatable bonds is 52. The molecular formula is C56H111NO3. The molecule has 0 spiro atoms. The zero-order chi connectivity index (χ0) is 43.5. The van der Waals surface area contributed by atoms with Gasteiger partial charge in [0.25, 0.3) is 0 Å². The molecule has 2 unspecified atom stereocenters. The second-order valence-corrected chi connectivity index (χ2v) is 19.4. The minimum absolute atomic E-state index is 0.0276. The fraction of sp³-hybridized carbons (Fsp3) is 0.946. The first-order chi connectivity index (χ1) is 29.7. The number of hydrogen-bond acceptors (Lipinski definition) is 3. The van der Waals surface area contributed by atoms with Crippen LogP contribution in [-0.4, -0.2) is 34.9 Å². The number of allylic oxidation sites excluding steroid dienone is 2. The molecule has 0 radical (unpaired) electrons. The summed E-state index contributed by atoms with van der Waals surface area (Å²) in [5.41, 5.74) is 0. The highest BCUT2D eigenvalue weighted by atomic mass is 16.3. The Balaban J connectivity index is 3.42. The van der Waals surface area contributed by atoms with E-state index < -0.39 is 12.1 Å². The third kappa shape index (κ3) is 48.2. The molecule has 0 fully saturated rings. The van der Waals surface area contributed by atoms with Crippen molar-refractivity contribution in [1.82, 2.24) is 5.32 Å². The van der Waals surface area contributed by atoms with E-state index in [2.05, 4.69) is 31.3 Å². The number of amides is 1. The Kier molecular flexibility index (Phi) is 51.7. The highest BCUT2D eigenvalue weighted by molar-refractivity contribution is 5.76. The Morgan fingerprint density at radius 1 is 0.383 bits per heavy atom. The van der Waals surface area contributed by atoms with Gasteiger partial charge in [0.2, 0.25) is 5.91 Å². The molecule has 0 heterocycles. The maximum absolute atomic E-state index is 12.5. The standard InChI is InChI=1S/C56H111NO3/c1-3-5-7-9-11-13-15-17-19-21-23-25-26-27-28-29-30-32-33-35-37-39-41-43-45-47-49-51-55(59)54(53-58)57-56(60)52-50-48-46-44-42-40-38-36-34-31-24-22-20-18-16-14-12-10-8-6-4-2/h22,24,54-55,58-59H,3-21,23,25-53H2,1-2H3,(H,57,60)/b24-22-. The van der Waals surface area contributed by atoms with E-state index in [9.17, 15) is 15.0 Å². The van der Waals surface area contributed by atoms with E-state index in [1.54, 1.807) is 0 Å². The average Bonchev–Trinajstić information content (AvgIpc) is 3.25. The maximum atomic E-state index is 12.5. The highest BCUT2D eigenvalue weighted by Gasteiger charge is 2.20. The molecule has 4 nitrogen and oxygen atoms in total. The van der Waals surface area contributed by atoms with Crippen LogP contribution in [0.3, 0.4) is 0 Å². The third-order valence-corrected chi connectivity index (χ3v) is 13.3. The molecule has 0 aromatic rings. The van der Waals surface area contributed by atoms with Gasteiger partial charge in [0.05, 0.1) is 18.8 Å². The highest BCUT2D eigenvalue weighted by Crippen LogP contribution is 2.18. The van der Waals surface area contributed by atoms with E-state index in [0.29, 0.717) is 12.8 Å². The van der Waals surface area contributed by atoms with Gasteiger partial charge in [0.15, 0.2) is 0 Å². The molecule has 0 saturated heterocycles. The molecule has 2 atom stereocenters. The topological polar surface area (TPSA) is 69.6 Å². The molecular weight excluding hydrogens is 735 g/mol. The smallest absolute Gasteiger partial charge is 0.220 e. The Bertz CT molecular complexity index is 829. The van der Waals surface area contributed by atoms with Crippen molar-refractivity contribution in [2.24, 2.45) is 0 Å². The molecule has 0 aliphatic carbocycles. The van der Waals surface area contributed by atoms with Crippen LogP contribution in [0.5, 0.6) is 0 Å². The summed E-state index contributed by atoms with van der Waals surface area (Å²) < 4.78 is 0. The van der Waals surface area contributed by atoms with Gasteiger partial charge in [0, 0.05) is 6.42 Å². The number of carbonyl (C=O) groups is 1. The Morgan fingerprint density at radius 2 is 0.633 bits per heavy atom. The maximum Gasteiger partial charge on any atom is 0.220 e. The van der Waals surface area contributed by atoms with Gasteiger partial charge in [-0.2, -0.15) is 0 Å². The summed E-state index contributed by atoms with van der Waals surface area (Å²) in [5.74, 6) is -0.0276. The zero-order valence-electron chi connectivity index (χ0n) is 41.3. The van der Waals surface area contributed by atoms with Crippen molar-refractivity contribution in [2.75, 3.05) is 6.61 Å². The second-order valence-electron chi connectivity index (χ2n) is 19.4. The van der Waals surface area contributed by atoms with Crippen molar-refractivity contribution < 1.29 is 15.0 Å². The van der Waals surface area contributed by atoms with Crippen LogP contribution in [-0.2, 0) is 4.79 Å². The van der Waals surface area contributed by atoms with Crippen LogP contribution in [0.25, 0.3) is 0 Å². The van der Waals surface area contributed by atoms with E-state index in [1.165, 1.54) is 270 Å². The van der Waals surface area contributed by atoms with Crippen molar-refractivity contribution in [3.8, 4) is 0 Å². The molecule has 0 bridgehead atoms. The molecule has 60 heavy (non-hydrogen) atoms. The lowest BCUT2D eigenvalue weighted by Crippen LogP contribution is -2.45. The summed E-state index contributed by atoms with van der Waals surface area (Å²) in [6.07, 6.45) is 67.7. The van der Waals surface area contributed by atoms with E-state index in [4.69, 9.17) is 0 Å². The number of unbranched alkanes of at least 4 members (excludes halogenated alkanes) is 43. The SMILES string of the molecule is CCCCCCCCCC/C=C\CCCCCCCCCCCC(=O)NC(CO)C(O)CCCCCCCCCCCCCCCCCCCCCCCCCCCCC. The summed E-state index contributed by atoms with van der Waals surface area (Å²) in [7, 11) is 0. The lowest BCUT2D eigenvalue weighted by Gasteiger charge is -2.22. The minimum atomic E-state index is -0.658. The van der Waals surface area contributed by atoms with Gasteiger partial charge in [0.1, 0.15) is 0 Å². The van der Waals surface area contributed by atoms with Gasteiger partial charge in [-0.15, -0.1) is 0 Å². The van der Waals surface area contributed by atoms with Crippen molar-refractivity contribution >= 4 is 5.91 Å². The third-order valence-electron chi connectivity index (χ3n) is 13.3. The fourth-order valence-electron chi connectivity index (χ4n) is 9.01. The van der Waals surface area contributed by atoms with Crippen LogP contribution in [0.2, 0.25) is 0 Å². The number of hydrogen-bond donors (Lipinski definition) is 3. The van der Waals surface area contributed by atoms with Gasteiger partial charge in [-0.05, 0) is 38.5 Å². The Labute approximate surface area is 377 Å². The molecule has 1 amide bonds. The first kappa shape index (κ1) is 59.1. The summed E-state index contributed by atoms with van der Waals surface area (Å²) >= 11 is 0. The molecule has 0 aromatic heterocycles. The molecule has 0 aliphatic rings. The zero-order valence-corrected chi connectivity index (χ0v) is 41.3. The number of carbonyl (C=O) groups excluding carboxylic acids is 1. The van der Waals surface area contributed by atoms with Gasteiger partial charge < -0.3 is 15.5 Å². The van der Waals surface area contributed by atoms with E-state index in [1.807, 2.05) is 0 Å². The first-order valence-electron chi connectivity index (χ1n) is 27.9. The quantitative estimate of drug-likeness (QED) is 0.0422. The summed E-state index contributed by atoms with van der Waals surface area (Å²) in [6, 6.07) is -0.535. The number of nitrogens with one attached hydrogen (secondary N) is 1. The predicted molar refractivity (Wildman–Crippen MR) is 267 cm³/mol. The number of aliphatic hydroxyl groups excluding tert-OH is 2. The second kappa shape index (κ2) is 52.5. The summed E-state index contributed by atoms with van der Waals surface area (Å²) in [6.45, 7) is 4.40. The van der Waals surface area contributed by atoms with Crippen molar-refractivity contribution in [3.05, 3.63) is 12.2 Å². The normalized spacial score (nSPS) is 12.8. The Hall–Kier alpha value is -0.870. The van der Waals surface area contributed by atoms with Crippen LogP contribution < -0.4 is 5.32 Å².